The first-order valence-corrected chi connectivity index (χ1v) is 3.52. The monoisotopic (exact) mass is 163 g/mol. The van der Waals surface area contributed by atoms with E-state index in [1.54, 1.807) is 24.0 Å². The maximum absolute atomic E-state index is 4.90. The zero-order chi connectivity index (χ0) is 8.39. The number of hydrogen-bond acceptors (Lipinski definition) is 4. The zero-order valence-electron chi connectivity index (χ0n) is 6.56. The summed E-state index contributed by atoms with van der Waals surface area (Å²) >= 11 is 0. The minimum Gasteiger partial charge on any atom is -0.337 e. The van der Waals surface area contributed by atoms with Gasteiger partial charge in [0.2, 0.25) is 5.89 Å². The number of nitrogens with zero attached hydrogens (tertiary/aromatic N) is 4. The molecule has 0 saturated carbocycles. The molecule has 0 amide bonds. The Morgan fingerprint density at radius 2 is 2.58 bits per heavy atom. The van der Waals surface area contributed by atoms with Crippen LogP contribution < -0.4 is 0 Å². The van der Waals surface area contributed by atoms with Gasteiger partial charge in [0.05, 0.1) is 6.20 Å². The van der Waals surface area contributed by atoms with Crippen LogP contribution in [0.5, 0.6) is 0 Å². The van der Waals surface area contributed by atoms with Crippen molar-refractivity contribution in [2.75, 3.05) is 0 Å². The van der Waals surface area contributed by atoms with E-state index in [1.165, 1.54) is 0 Å². The van der Waals surface area contributed by atoms with Crippen molar-refractivity contribution in [3.63, 3.8) is 0 Å². The highest BCUT2D eigenvalue weighted by Gasteiger charge is 2.02. The van der Waals surface area contributed by atoms with Crippen molar-refractivity contribution in [2.45, 2.75) is 13.5 Å². The van der Waals surface area contributed by atoms with Gasteiger partial charge in [-0.25, -0.2) is 0 Å². The third-order valence-electron chi connectivity index (χ3n) is 1.37. The lowest BCUT2D eigenvalue weighted by molar-refractivity contribution is 0.362. The van der Waals surface area contributed by atoms with E-state index in [9.17, 15) is 0 Å². The Labute approximate surface area is 69.0 Å². The second-order valence-electron chi connectivity index (χ2n) is 2.37. The summed E-state index contributed by atoms with van der Waals surface area (Å²) in [5.74, 6) is 1.20. The van der Waals surface area contributed by atoms with Crippen LogP contribution in [-0.4, -0.2) is 19.9 Å². The first kappa shape index (κ1) is 7.02. The highest BCUT2D eigenvalue weighted by molar-refractivity contribution is 4.85. The van der Waals surface area contributed by atoms with E-state index in [1.807, 2.05) is 0 Å². The van der Waals surface area contributed by atoms with Crippen LogP contribution >= 0.6 is 0 Å². The van der Waals surface area contributed by atoms with E-state index in [-0.39, 0.29) is 0 Å². The average molecular weight is 163 g/mol. The summed E-state index contributed by atoms with van der Waals surface area (Å²) in [6.45, 7) is 2.28. The van der Waals surface area contributed by atoms with Crippen molar-refractivity contribution in [2.24, 2.45) is 0 Å². The fourth-order valence-corrected chi connectivity index (χ4v) is 0.890. The predicted octanol–water partition coefficient (Wildman–Crippen LogP) is 0.423. The van der Waals surface area contributed by atoms with Crippen molar-refractivity contribution >= 4 is 0 Å². The Balaban J connectivity index is 2.14. The molecule has 0 aliphatic rings. The molecule has 0 aliphatic carbocycles. The molecule has 12 heavy (non-hydrogen) atoms. The molecule has 0 unspecified atom stereocenters. The normalized spacial score (nSPS) is 10.4. The summed E-state index contributed by atoms with van der Waals surface area (Å²) < 4.78 is 6.58. The molecule has 0 N–H and O–H groups in total. The SMILES string of the molecule is Cc1noc(Cn2c[c]cn2)n1. The van der Waals surface area contributed by atoms with Crippen LogP contribution in [-0.2, 0) is 6.54 Å². The standard InChI is InChI=1S/C7H7N4O/c1-6-9-7(12-10-6)5-11-4-2-3-8-11/h3-4H,5H2,1H3. The van der Waals surface area contributed by atoms with Gasteiger partial charge in [-0.2, -0.15) is 10.1 Å². The summed E-state index contributed by atoms with van der Waals surface area (Å²) in [4.78, 5) is 4.03. The molecule has 0 aliphatic heterocycles. The van der Waals surface area contributed by atoms with Crippen LogP contribution in [0, 0.1) is 13.0 Å². The molecule has 0 spiro atoms. The maximum atomic E-state index is 4.90. The Morgan fingerprint density at radius 3 is 3.17 bits per heavy atom. The van der Waals surface area contributed by atoms with E-state index in [0.717, 1.165) is 0 Å². The lowest BCUT2D eigenvalue weighted by atomic mass is 10.6. The lowest BCUT2D eigenvalue weighted by Gasteiger charge is -1.92. The van der Waals surface area contributed by atoms with E-state index in [4.69, 9.17) is 4.52 Å². The molecule has 2 aromatic rings. The highest BCUT2D eigenvalue weighted by Crippen LogP contribution is 1.97. The van der Waals surface area contributed by atoms with Crippen LogP contribution in [0.4, 0.5) is 0 Å². The van der Waals surface area contributed by atoms with Crippen LogP contribution in [0.25, 0.3) is 0 Å². The number of aryl methyl sites for hydroxylation is 1. The van der Waals surface area contributed by atoms with Gasteiger partial charge in [-0.3, -0.25) is 4.68 Å². The van der Waals surface area contributed by atoms with Crippen LogP contribution in [0.1, 0.15) is 11.7 Å². The minimum atomic E-state index is 0.504. The molecule has 0 aromatic carbocycles. The van der Waals surface area contributed by atoms with Gasteiger partial charge < -0.3 is 4.52 Å². The molecule has 0 bridgehead atoms. The van der Waals surface area contributed by atoms with Crippen molar-refractivity contribution in [3.8, 4) is 0 Å². The van der Waals surface area contributed by atoms with Crippen LogP contribution in [0.15, 0.2) is 16.9 Å². The van der Waals surface area contributed by atoms with E-state index in [2.05, 4.69) is 21.3 Å². The first-order chi connectivity index (χ1) is 5.84. The largest absolute Gasteiger partial charge is 0.337 e. The Hall–Kier alpha value is -1.65. The second kappa shape index (κ2) is 2.77. The quantitative estimate of drug-likeness (QED) is 0.643. The molecular weight excluding hydrogens is 156 g/mol. The highest BCUT2D eigenvalue weighted by atomic mass is 16.5. The molecule has 5 nitrogen and oxygen atoms in total. The molecule has 2 aromatic heterocycles. The summed E-state index contributed by atoms with van der Waals surface area (Å²) in [5, 5.41) is 7.61. The number of hydrogen-bond donors (Lipinski definition) is 0. The topological polar surface area (TPSA) is 56.7 Å². The summed E-state index contributed by atoms with van der Waals surface area (Å²) in [6.07, 6.45) is 3.31. The fourth-order valence-electron chi connectivity index (χ4n) is 0.890. The first-order valence-electron chi connectivity index (χ1n) is 3.52. The van der Waals surface area contributed by atoms with Crippen molar-refractivity contribution in [1.29, 1.82) is 0 Å². The molecule has 5 heteroatoms. The molecule has 0 fully saturated rings. The minimum absolute atomic E-state index is 0.504. The van der Waals surface area contributed by atoms with Crippen LogP contribution in [0.3, 0.4) is 0 Å². The molecule has 2 rings (SSSR count). The molecule has 0 atom stereocenters. The van der Waals surface area contributed by atoms with Crippen molar-refractivity contribution in [1.82, 2.24) is 19.9 Å². The Kier molecular flexibility index (Phi) is 1.62. The Morgan fingerprint density at radius 1 is 1.67 bits per heavy atom. The van der Waals surface area contributed by atoms with E-state index < -0.39 is 0 Å². The lowest BCUT2D eigenvalue weighted by Crippen LogP contribution is -1.99. The summed E-state index contributed by atoms with van der Waals surface area (Å²) in [7, 11) is 0. The third-order valence-corrected chi connectivity index (χ3v) is 1.37. The molecule has 2 heterocycles. The van der Waals surface area contributed by atoms with Gasteiger partial charge >= 0.3 is 0 Å². The van der Waals surface area contributed by atoms with Crippen molar-refractivity contribution < 1.29 is 4.52 Å². The van der Waals surface area contributed by atoms with Gasteiger partial charge in [-0.05, 0) is 6.92 Å². The van der Waals surface area contributed by atoms with Crippen LogP contribution in [0.2, 0.25) is 0 Å². The average Bonchev–Trinajstić information content (AvgIpc) is 2.63. The van der Waals surface area contributed by atoms with Gasteiger partial charge in [0.1, 0.15) is 6.54 Å². The van der Waals surface area contributed by atoms with E-state index in [0.29, 0.717) is 18.3 Å². The third kappa shape index (κ3) is 1.34. The Bertz CT molecular complexity index is 351. The van der Waals surface area contributed by atoms with Gasteiger partial charge in [0, 0.05) is 12.3 Å². The number of rotatable bonds is 2. The smallest absolute Gasteiger partial charge is 0.248 e. The fraction of sp³-hybridized carbons (Fsp3) is 0.286. The van der Waals surface area contributed by atoms with Gasteiger partial charge in [-0.1, -0.05) is 5.16 Å². The van der Waals surface area contributed by atoms with Crippen molar-refractivity contribution in [3.05, 3.63) is 30.2 Å². The maximum Gasteiger partial charge on any atom is 0.248 e. The van der Waals surface area contributed by atoms with E-state index >= 15 is 0 Å². The van der Waals surface area contributed by atoms with Gasteiger partial charge in [0.25, 0.3) is 0 Å². The molecular formula is C7H7N4O. The predicted molar refractivity (Wildman–Crippen MR) is 39.2 cm³/mol. The molecule has 0 saturated heterocycles. The van der Waals surface area contributed by atoms with Gasteiger partial charge in [-0.15, -0.1) is 0 Å². The summed E-state index contributed by atoms with van der Waals surface area (Å²) in [5.41, 5.74) is 0. The van der Waals surface area contributed by atoms with Gasteiger partial charge in [0.15, 0.2) is 5.82 Å². The summed E-state index contributed by atoms with van der Waals surface area (Å²) in [6, 6.07) is 2.82. The molecule has 1 radical (unpaired) electrons. The second-order valence-corrected chi connectivity index (χ2v) is 2.37. The molecule has 61 valence electrons. The number of aromatic nitrogens is 4. The zero-order valence-corrected chi connectivity index (χ0v) is 6.56.